The molecule has 0 bridgehead atoms. The van der Waals surface area contributed by atoms with Crippen LogP contribution in [0.2, 0.25) is 0 Å². The summed E-state index contributed by atoms with van der Waals surface area (Å²) < 4.78 is 16.0. The fourth-order valence-electron chi connectivity index (χ4n) is 4.04. The third kappa shape index (κ3) is 4.11. The first kappa shape index (κ1) is 19.8. The van der Waals surface area contributed by atoms with E-state index in [9.17, 15) is 4.39 Å². The second-order valence-electron chi connectivity index (χ2n) is 7.50. The summed E-state index contributed by atoms with van der Waals surface area (Å²) in [6.07, 6.45) is 8.13. The Morgan fingerprint density at radius 1 is 1.38 bits per heavy atom. The quantitative estimate of drug-likeness (QED) is 0.701. The Kier molecular flexibility index (Phi) is 5.78. The van der Waals surface area contributed by atoms with E-state index in [1.165, 1.54) is 4.88 Å². The summed E-state index contributed by atoms with van der Waals surface area (Å²) in [5.74, 6) is 0.343. The van der Waals surface area contributed by atoms with Crippen molar-refractivity contribution in [3.8, 4) is 0 Å². The van der Waals surface area contributed by atoms with Crippen LogP contribution in [0.25, 0.3) is 17.6 Å². The molecule has 0 saturated carbocycles. The first-order valence-corrected chi connectivity index (χ1v) is 10.8. The maximum Gasteiger partial charge on any atom is 0.206 e. The molecule has 152 valence electrons. The van der Waals surface area contributed by atoms with E-state index in [2.05, 4.69) is 34.0 Å². The van der Waals surface area contributed by atoms with E-state index in [4.69, 9.17) is 10.7 Å². The van der Waals surface area contributed by atoms with E-state index in [1.807, 2.05) is 30.5 Å². The molecule has 4 rings (SSSR count). The molecule has 3 aromatic heterocycles. The summed E-state index contributed by atoms with van der Waals surface area (Å²) in [4.78, 5) is 13.0. The van der Waals surface area contributed by atoms with Gasteiger partial charge in [-0.05, 0) is 62.7 Å². The number of fused-ring (bicyclic) bond motifs is 1. The lowest BCUT2D eigenvalue weighted by atomic mass is 9.92. The number of hydrogen-bond acceptors (Lipinski definition) is 5. The number of hydrogen-bond donors (Lipinski definition) is 1. The molecule has 0 aromatic carbocycles. The van der Waals surface area contributed by atoms with Crippen LogP contribution in [0.1, 0.15) is 30.3 Å². The highest BCUT2D eigenvalue weighted by Gasteiger charge is 2.21. The zero-order valence-electron chi connectivity index (χ0n) is 16.6. The Balaban J connectivity index is 1.52. The molecular weight excluding hydrogens is 385 g/mol. The molecule has 1 aliphatic heterocycles. The van der Waals surface area contributed by atoms with Crippen LogP contribution in [-0.2, 0) is 13.0 Å². The lowest BCUT2D eigenvalue weighted by molar-refractivity contribution is 0.178. The number of nitrogens with zero attached hydrogens (tertiary/aromatic N) is 4. The number of imidazole rings is 1. The summed E-state index contributed by atoms with van der Waals surface area (Å²) in [6, 6.07) is 4.32. The zero-order valence-corrected chi connectivity index (χ0v) is 17.5. The van der Waals surface area contributed by atoms with Gasteiger partial charge in [0, 0.05) is 22.8 Å². The summed E-state index contributed by atoms with van der Waals surface area (Å²) >= 11 is 1.82. The van der Waals surface area contributed by atoms with Gasteiger partial charge in [0.05, 0.1) is 5.69 Å². The fourth-order valence-corrected chi connectivity index (χ4v) is 4.78. The van der Waals surface area contributed by atoms with Gasteiger partial charge < -0.3 is 5.73 Å². The van der Waals surface area contributed by atoms with E-state index in [0.717, 1.165) is 50.7 Å². The average molecular weight is 412 g/mol. The van der Waals surface area contributed by atoms with Crippen molar-refractivity contribution in [1.82, 2.24) is 19.3 Å². The van der Waals surface area contributed by atoms with Gasteiger partial charge in [0.1, 0.15) is 16.8 Å². The van der Waals surface area contributed by atoms with Gasteiger partial charge in [0.25, 0.3) is 0 Å². The minimum absolute atomic E-state index is 0.200. The number of thiophene rings is 1. The molecular formula is C22H26FN5S. The van der Waals surface area contributed by atoms with Gasteiger partial charge in [-0.15, -0.1) is 11.3 Å². The summed E-state index contributed by atoms with van der Waals surface area (Å²) in [7, 11) is 0. The van der Waals surface area contributed by atoms with Crippen molar-refractivity contribution in [3.63, 3.8) is 0 Å². The normalized spacial score (nSPS) is 17.8. The monoisotopic (exact) mass is 411 g/mol. The molecule has 29 heavy (non-hydrogen) atoms. The van der Waals surface area contributed by atoms with Crippen molar-refractivity contribution in [2.75, 3.05) is 18.8 Å². The number of piperidine rings is 1. The Morgan fingerprint density at radius 2 is 2.17 bits per heavy atom. The van der Waals surface area contributed by atoms with Gasteiger partial charge in [-0.25, -0.2) is 14.4 Å². The van der Waals surface area contributed by atoms with Crippen molar-refractivity contribution < 1.29 is 4.39 Å². The largest absolute Gasteiger partial charge is 0.369 e. The van der Waals surface area contributed by atoms with E-state index >= 15 is 0 Å². The molecule has 3 aromatic rings. The second kappa shape index (κ2) is 8.47. The molecule has 0 atom stereocenters. The Bertz CT molecular complexity index is 1120. The minimum Gasteiger partial charge on any atom is -0.369 e. The van der Waals surface area contributed by atoms with Crippen LogP contribution >= 0.6 is 11.3 Å². The molecule has 0 spiro atoms. The molecule has 2 N–H and O–H groups in total. The molecule has 4 heterocycles. The second-order valence-corrected chi connectivity index (χ2v) is 8.53. The van der Waals surface area contributed by atoms with E-state index in [1.54, 1.807) is 4.40 Å². The van der Waals surface area contributed by atoms with Crippen molar-refractivity contribution >= 4 is 34.8 Å². The topological polar surface area (TPSA) is 59.4 Å². The van der Waals surface area contributed by atoms with Gasteiger partial charge >= 0.3 is 0 Å². The van der Waals surface area contributed by atoms with E-state index in [-0.39, 0.29) is 11.3 Å². The van der Waals surface area contributed by atoms with E-state index in [0.29, 0.717) is 16.8 Å². The molecule has 0 aliphatic carbocycles. The molecule has 5 nitrogen and oxygen atoms in total. The van der Waals surface area contributed by atoms with Gasteiger partial charge in [-0.1, -0.05) is 18.7 Å². The fraction of sp³-hybridized carbons (Fsp3) is 0.364. The first-order valence-electron chi connectivity index (χ1n) is 9.95. The number of aromatic nitrogens is 3. The molecule has 1 aliphatic rings. The molecule has 1 fully saturated rings. The van der Waals surface area contributed by atoms with Crippen molar-refractivity contribution in [3.05, 3.63) is 57.5 Å². The van der Waals surface area contributed by atoms with Crippen molar-refractivity contribution in [2.24, 2.45) is 5.92 Å². The first-order chi connectivity index (χ1) is 14.1. The van der Waals surface area contributed by atoms with Crippen LogP contribution in [0.15, 0.2) is 36.4 Å². The lowest BCUT2D eigenvalue weighted by Gasteiger charge is -2.31. The number of nitrogens with two attached hydrogens (primary N) is 1. The third-order valence-corrected chi connectivity index (χ3v) is 6.44. The number of rotatable bonds is 5. The predicted molar refractivity (Wildman–Crippen MR) is 118 cm³/mol. The molecule has 0 radical (unpaired) electrons. The SMILES string of the molecule is C=C/C(F)=c1/nc(N)n2cc(CC3CCN(Cc4cccs4)CC3)nc2/c1=C/C. The highest BCUT2D eigenvalue weighted by molar-refractivity contribution is 7.09. The minimum atomic E-state index is -0.491. The summed E-state index contributed by atoms with van der Waals surface area (Å²) in [6.45, 7) is 8.61. The standard InChI is InChI=1S/C22H26FN5S/c1-3-18-20(19(23)4-2)26-22(24)28-13-16(25-21(18)28)12-15-7-9-27(10-8-15)14-17-6-5-11-29-17/h3-6,11,13,15H,2,7-10,12,14H2,1H3,(H2,24,26)/b18-3+,20-19-. The third-order valence-electron chi connectivity index (χ3n) is 5.58. The van der Waals surface area contributed by atoms with Crippen molar-refractivity contribution in [2.45, 2.75) is 32.7 Å². The zero-order chi connectivity index (χ0) is 20.4. The predicted octanol–water partition coefficient (Wildman–Crippen LogP) is 2.89. The Morgan fingerprint density at radius 3 is 2.83 bits per heavy atom. The molecule has 0 unspecified atom stereocenters. The lowest BCUT2D eigenvalue weighted by Crippen LogP contribution is -2.33. The molecule has 7 heteroatoms. The summed E-state index contributed by atoms with van der Waals surface area (Å²) in [5.41, 5.74) is 7.71. The highest BCUT2D eigenvalue weighted by atomic mass is 32.1. The van der Waals surface area contributed by atoms with Crippen LogP contribution < -0.4 is 16.3 Å². The number of allylic oxidation sites excluding steroid dienone is 1. The number of anilines is 1. The Hall–Kier alpha value is -2.51. The van der Waals surface area contributed by atoms with Gasteiger partial charge in [-0.3, -0.25) is 9.30 Å². The smallest absolute Gasteiger partial charge is 0.206 e. The Labute approximate surface area is 173 Å². The summed E-state index contributed by atoms with van der Waals surface area (Å²) in [5, 5.41) is 2.98. The van der Waals surface area contributed by atoms with Crippen LogP contribution in [-0.4, -0.2) is 32.4 Å². The molecule has 0 amide bonds. The van der Waals surface area contributed by atoms with Gasteiger partial charge in [0.15, 0.2) is 0 Å². The number of nitrogen functional groups attached to an aromatic ring is 1. The van der Waals surface area contributed by atoms with Crippen LogP contribution in [0.3, 0.4) is 0 Å². The van der Waals surface area contributed by atoms with Gasteiger partial charge in [0.2, 0.25) is 5.95 Å². The number of halogens is 1. The number of likely N-dealkylation sites (tertiary alicyclic amines) is 1. The average Bonchev–Trinajstić information content (AvgIpc) is 3.39. The molecule has 1 saturated heterocycles. The van der Waals surface area contributed by atoms with Gasteiger partial charge in [-0.2, -0.15) is 0 Å². The van der Waals surface area contributed by atoms with Crippen LogP contribution in [0, 0.1) is 5.92 Å². The maximum atomic E-state index is 14.2. The van der Waals surface area contributed by atoms with E-state index < -0.39 is 5.83 Å². The van der Waals surface area contributed by atoms with Crippen molar-refractivity contribution in [1.29, 1.82) is 0 Å². The van der Waals surface area contributed by atoms with Crippen LogP contribution in [0.4, 0.5) is 10.3 Å². The maximum absolute atomic E-state index is 14.2. The van der Waals surface area contributed by atoms with Crippen LogP contribution in [0.5, 0.6) is 0 Å². The highest BCUT2D eigenvalue weighted by Crippen LogP contribution is 2.23.